The minimum Gasteiger partial charge on any atom is -0.459 e. The van der Waals surface area contributed by atoms with Crippen LogP contribution < -0.4 is 9.80 Å². The largest absolute Gasteiger partial charge is 0.459 e. The number of para-hydroxylation sites is 3. The third kappa shape index (κ3) is 5.40. The Morgan fingerprint density at radius 2 is 0.653 bits per heavy atom. The molecule has 0 amide bonds. The number of hydrogen-bond acceptors (Lipinski definition) is 3. The number of furan rings is 1. The predicted molar refractivity (Wildman–Crippen MR) is 297 cm³/mol. The molecule has 4 aliphatic carbocycles. The summed E-state index contributed by atoms with van der Waals surface area (Å²) >= 11 is 0. The highest BCUT2D eigenvalue weighted by atomic mass is 16.3. The molecule has 11 aromatic rings. The maximum absolute atomic E-state index is 7.36. The maximum atomic E-state index is 7.36. The van der Waals surface area contributed by atoms with Crippen LogP contribution in [0.25, 0.3) is 55.5 Å². The SMILES string of the molecule is CC1(C)c2ccccc2-c2ccc(N(c3ccccc3)c3ccc4c(c3)C3(c5ccccc5-4)c4cc(N(c5ccccc5)c5ccc6c(c5)C(C)(C)c5ccccc5-6)ccc4-c4c3oc3ccccc43)cc21. The Morgan fingerprint density at radius 3 is 1.17 bits per heavy atom. The molecule has 72 heavy (non-hydrogen) atoms. The molecule has 1 aromatic heterocycles. The van der Waals surface area contributed by atoms with Gasteiger partial charge in [0.1, 0.15) is 16.8 Å². The fourth-order valence-corrected chi connectivity index (χ4v) is 13.6. The number of fused-ring (bicyclic) bond motifs is 18. The molecule has 0 radical (unpaired) electrons. The highest BCUT2D eigenvalue weighted by Crippen LogP contribution is 2.66. The predicted octanol–water partition coefficient (Wildman–Crippen LogP) is 18.3. The Bertz CT molecular complexity index is 4060. The van der Waals surface area contributed by atoms with Gasteiger partial charge in [-0.25, -0.2) is 0 Å². The zero-order chi connectivity index (χ0) is 48.1. The van der Waals surface area contributed by atoms with Gasteiger partial charge in [-0.15, -0.1) is 0 Å². The third-order valence-electron chi connectivity index (χ3n) is 16.8. The Kier molecular flexibility index (Phi) is 8.40. The van der Waals surface area contributed by atoms with Crippen molar-refractivity contribution in [3.63, 3.8) is 0 Å². The van der Waals surface area contributed by atoms with Gasteiger partial charge in [0, 0.05) is 55.9 Å². The average Bonchev–Trinajstić information content (AvgIpc) is 4.15. The molecule has 1 atom stereocenters. The molecule has 0 fully saturated rings. The number of benzene rings is 10. The monoisotopic (exact) mass is 922 g/mol. The molecule has 1 heterocycles. The molecule has 1 unspecified atom stereocenters. The van der Waals surface area contributed by atoms with Gasteiger partial charge in [0.05, 0.1) is 0 Å². The van der Waals surface area contributed by atoms with Crippen molar-refractivity contribution < 1.29 is 4.42 Å². The van der Waals surface area contributed by atoms with Crippen molar-refractivity contribution in [2.75, 3.05) is 9.80 Å². The first-order valence-electron chi connectivity index (χ1n) is 25.3. The van der Waals surface area contributed by atoms with Gasteiger partial charge in [-0.3, -0.25) is 0 Å². The summed E-state index contributed by atoms with van der Waals surface area (Å²) in [5.41, 5.74) is 25.7. The first kappa shape index (κ1) is 41.2. The second kappa shape index (κ2) is 14.7. The second-order valence-electron chi connectivity index (χ2n) is 21.2. The lowest BCUT2D eigenvalue weighted by atomic mass is 9.73. The van der Waals surface area contributed by atoms with E-state index >= 15 is 0 Å². The van der Waals surface area contributed by atoms with E-state index < -0.39 is 5.41 Å². The van der Waals surface area contributed by atoms with E-state index in [4.69, 9.17) is 4.42 Å². The van der Waals surface area contributed by atoms with E-state index in [-0.39, 0.29) is 10.8 Å². The van der Waals surface area contributed by atoms with Crippen molar-refractivity contribution in [3.8, 4) is 44.5 Å². The molecule has 1 spiro atoms. The molecule has 0 saturated carbocycles. The van der Waals surface area contributed by atoms with Crippen LogP contribution in [0.5, 0.6) is 0 Å². The van der Waals surface area contributed by atoms with Crippen molar-refractivity contribution in [1.29, 1.82) is 0 Å². The van der Waals surface area contributed by atoms with Crippen LogP contribution in [0.1, 0.15) is 72.4 Å². The molecule has 15 rings (SSSR count). The van der Waals surface area contributed by atoms with Crippen LogP contribution in [0.2, 0.25) is 0 Å². The standard InChI is InChI=1S/C69H50N2O/c1-67(2)57-27-15-11-23-49(57)52-35-31-45(39-60(52)67)70(43-19-7-5-8-20-43)47-33-37-54-51-25-13-17-29-59(51)69(62(54)41-47)63-42-48(34-38-55(63)65-56-26-14-18-30-64(56)72-66(65)69)71(44-21-9-6-10-22-44)46-32-36-53-50-24-12-16-28-58(50)68(3,4)61(53)40-46/h5-42H,1-4H3. The Morgan fingerprint density at radius 1 is 0.292 bits per heavy atom. The Labute approximate surface area is 420 Å². The number of anilines is 6. The maximum Gasteiger partial charge on any atom is 0.135 e. The van der Waals surface area contributed by atoms with Crippen LogP contribution in [-0.4, -0.2) is 0 Å². The molecule has 0 N–H and O–H groups in total. The van der Waals surface area contributed by atoms with Crippen molar-refractivity contribution in [1.82, 2.24) is 0 Å². The van der Waals surface area contributed by atoms with Crippen LogP contribution in [0.4, 0.5) is 34.1 Å². The van der Waals surface area contributed by atoms with Gasteiger partial charge in [0.15, 0.2) is 0 Å². The Hall–Kier alpha value is -8.66. The summed E-state index contributed by atoms with van der Waals surface area (Å²) in [4.78, 5) is 4.90. The molecule has 4 aliphatic rings. The van der Waals surface area contributed by atoms with Crippen LogP contribution in [0, 0.1) is 0 Å². The second-order valence-corrected chi connectivity index (χ2v) is 21.2. The summed E-state index contributed by atoms with van der Waals surface area (Å²) in [6, 6.07) is 85.7. The fourth-order valence-electron chi connectivity index (χ4n) is 13.6. The van der Waals surface area contributed by atoms with Gasteiger partial charge < -0.3 is 14.2 Å². The highest BCUT2D eigenvalue weighted by Gasteiger charge is 2.55. The molecule has 3 heteroatoms. The van der Waals surface area contributed by atoms with E-state index in [9.17, 15) is 0 Å². The fraction of sp³-hybridized carbons (Fsp3) is 0.101. The summed E-state index contributed by atoms with van der Waals surface area (Å²) in [6.07, 6.45) is 0. The first-order chi connectivity index (χ1) is 35.2. The van der Waals surface area contributed by atoms with Gasteiger partial charge in [0.2, 0.25) is 0 Å². The zero-order valence-electron chi connectivity index (χ0n) is 40.7. The lowest BCUT2D eigenvalue weighted by molar-refractivity contribution is 0.507. The minimum absolute atomic E-state index is 0.147. The minimum atomic E-state index is -0.768. The van der Waals surface area contributed by atoms with Crippen molar-refractivity contribution in [2.24, 2.45) is 0 Å². The van der Waals surface area contributed by atoms with Crippen molar-refractivity contribution in [3.05, 3.63) is 275 Å². The highest BCUT2D eigenvalue weighted by molar-refractivity contribution is 6.06. The molecular formula is C69H50N2O. The van der Waals surface area contributed by atoms with Crippen LogP contribution in [-0.2, 0) is 16.2 Å². The van der Waals surface area contributed by atoms with E-state index in [0.717, 1.165) is 50.9 Å². The number of hydrogen-bond donors (Lipinski definition) is 0. The lowest BCUT2D eigenvalue weighted by Crippen LogP contribution is -2.26. The summed E-state index contributed by atoms with van der Waals surface area (Å²) in [5.74, 6) is 0.978. The molecule has 342 valence electrons. The van der Waals surface area contributed by atoms with E-state index in [1.165, 1.54) is 83.5 Å². The summed E-state index contributed by atoms with van der Waals surface area (Å²) in [7, 11) is 0. The van der Waals surface area contributed by atoms with Crippen LogP contribution in [0.3, 0.4) is 0 Å². The quantitative estimate of drug-likeness (QED) is 0.166. The lowest BCUT2D eigenvalue weighted by Gasteiger charge is -2.32. The number of nitrogens with zero attached hydrogens (tertiary/aromatic N) is 2. The van der Waals surface area contributed by atoms with Crippen molar-refractivity contribution in [2.45, 2.75) is 43.9 Å². The van der Waals surface area contributed by atoms with Gasteiger partial charge in [-0.1, -0.05) is 179 Å². The third-order valence-corrected chi connectivity index (χ3v) is 16.8. The van der Waals surface area contributed by atoms with E-state index in [0.29, 0.717) is 0 Å². The van der Waals surface area contributed by atoms with Crippen LogP contribution >= 0.6 is 0 Å². The van der Waals surface area contributed by atoms with Gasteiger partial charge in [-0.2, -0.15) is 0 Å². The molecule has 10 aromatic carbocycles. The summed E-state index contributed by atoms with van der Waals surface area (Å²) < 4.78 is 7.36. The number of rotatable bonds is 6. The normalized spacial score (nSPS) is 16.3. The van der Waals surface area contributed by atoms with Crippen LogP contribution in [0.15, 0.2) is 235 Å². The van der Waals surface area contributed by atoms with Gasteiger partial charge in [-0.05, 0) is 157 Å². The molecular weight excluding hydrogens is 873 g/mol. The topological polar surface area (TPSA) is 19.6 Å². The molecule has 0 aliphatic heterocycles. The van der Waals surface area contributed by atoms with Gasteiger partial charge in [0.25, 0.3) is 0 Å². The summed E-state index contributed by atoms with van der Waals surface area (Å²) in [6.45, 7) is 9.46. The van der Waals surface area contributed by atoms with E-state index in [1.54, 1.807) is 0 Å². The molecule has 0 saturated heterocycles. The molecule has 3 nitrogen and oxygen atoms in total. The van der Waals surface area contributed by atoms with E-state index in [2.05, 4.69) is 268 Å². The zero-order valence-corrected chi connectivity index (χ0v) is 40.7. The summed E-state index contributed by atoms with van der Waals surface area (Å²) in [5, 5.41) is 1.13. The van der Waals surface area contributed by atoms with Gasteiger partial charge >= 0.3 is 0 Å². The first-order valence-corrected chi connectivity index (χ1v) is 25.3. The molecule has 0 bridgehead atoms. The van der Waals surface area contributed by atoms with E-state index in [1.807, 2.05) is 0 Å². The Balaban J connectivity index is 0.972. The average molecular weight is 923 g/mol. The van der Waals surface area contributed by atoms with Crippen molar-refractivity contribution >= 4 is 45.1 Å². The smallest absolute Gasteiger partial charge is 0.135 e.